The smallest absolute Gasteiger partial charge is 0.234 e. The Kier molecular flexibility index (Phi) is 8.05. The second-order valence-corrected chi connectivity index (χ2v) is 10.2. The lowest BCUT2D eigenvalue weighted by molar-refractivity contribution is -0.114. The summed E-state index contributed by atoms with van der Waals surface area (Å²) in [6.45, 7) is 0. The number of methoxy groups -OCH3 is 2. The normalized spacial score (nSPS) is 10.8. The zero-order valence-electron chi connectivity index (χ0n) is 19.0. The number of tetrazole rings is 1. The van der Waals surface area contributed by atoms with E-state index in [0.29, 0.717) is 28.0 Å². The molecule has 4 aromatic rings. The van der Waals surface area contributed by atoms with Crippen molar-refractivity contribution in [2.75, 3.05) is 36.4 Å². The maximum Gasteiger partial charge on any atom is 0.234 e. The zero-order valence-corrected chi connectivity index (χ0v) is 21.4. The number of thiazole rings is 1. The van der Waals surface area contributed by atoms with Gasteiger partial charge in [-0.15, -0.1) is 16.4 Å². The Morgan fingerprint density at radius 3 is 2.57 bits per heavy atom. The summed E-state index contributed by atoms with van der Waals surface area (Å²) < 4.78 is 13.7. The van der Waals surface area contributed by atoms with Crippen LogP contribution in [-0.2, 0) is 16.6 Å². The fraction of sp³-hybridized carbons (Fsp3) is 0.238. The Morgan fingerprint density at radius 1 is 1.03 bits per heavy atom. The molecule has 4 rings (SSSR count). The Hall–Kier alpha value is -3.36. The van der Waals surface area contributed by atoms with Gasteiger partial charge in [-0.05, 0) is 40.8 Å². The fourth-order valence-corrected chi connectivity index (χ4v) is 5.50. The van der Waals surface area contributed by atoms with Gasteiger partial charge in [-0.1, -0.05) is 23.5 Å². The number of hydrogen-bond acceptors (Lipinski definition) is 11. The quantitative estimate of drug-likeness (QED) is 0.294. The van der Waals surface area contributed by atoms with Crippen molar-refractivity contribution in [3.8, 4) is 11.5 Å². The Morgan fingerprint density at radius 2 is 1.83 bits per heavy atom. The first-order valence-corrected chi connectivity index (χ1v) is 12.9. The highest BCUT2D eigenvalue weighted by Crippen LogP contribution is 2.32. The maximum absolute atomic E-state index is 12.5. The Balaban J connectivity index is 1.33. The number of carbonyl (C=O) groups is 2. The van der Waals surface area contributed by atoms with Gasteiger partial charge < -0.3 is 20.1 Å². The zero-order chi connectivity index (χ0) is 24.8. The predicted octanol–water partition coefficient (Wildman–Crippen LogP) is 3.30. The van der Waals surface area contributed by atoms with E-state index < -0.39 is 0 Å². The van der Waals surface area contributed by atoms with E-state index in [1.807, 2.05) is 12.1 Å². The number of ether oxygens (including phenoxy) is 2. The van der Waals surface area contributed by atoms with Crippen LogP contribution in [0.1, 0.15) is 0 Å². The maximum atomic E-state index is 12.5. The molecule has 0 spiro atoms. The molecule has 0 fully saturated rings. The van der Waals surface area contributed by atoms with Crippen LogP contribution in [0.4, 0.5) is 11.4 Å². The van der Waals surface area contributed by atoms with Crippen LogP contribution in [0.2, 0.25) is 0 Å². The third-order valence-electron chi connectivity index (χ3n) is 4.57. The van der Waals surface area contributed by atoms with E-state index in [2.05, 4.69) is 31.1 Å². The topological polar surface area (TPSA) is 133 Å². The summed E-state index contributed by atoms with van der Waals surface area (Å²) in [4.78, 5) is 29.4. The van der Waals surface area contributed by atoms with Gasteiger partial charge in [0.25, 0.3) is 0 Å². The largest absolute Gasteiger partial charge is 0.497 e. The van der Waals surface area contributed by atoms with Gasteiger partial charge in [0, 0.05) is 18.8 Å². The number of aryl methyl sites for hydroxylation is 1. The highest BCUT2D eigenvalue weighted by Gasteiger charge is 2.13. The van der Waals surface area contributed by atoms with Crippen molar-refractivity contribution in [2.24, 2.45) is 7.05 Å². The Bertz CT molecular complexity index is 1360. The van der Waals surface area contributed by atoms with Crippen LogP contribution < -0.4 is 20.1 Å². The van der Waals surface area contributed by atoms with Gasteiger partial charge >= 0.3 is 0 Å². The van der Waals surface area contributed by atoms with E-state index in [9.17, 15) is 9.59 Å². The van der Waals surface area contributed by atoms with Crippen molar-refractivity contribution in [1.82, 2.24) is 25.2 Å². The molecular weight excluding hydrogens is 510 g/mol. The number of nitrogens with one attached hydrogen (secondary N) is 2. The highest BCUT2D eigenvalue weighted by molar-refractivity contribution is 8.01. The summed E-state index contributed by atoms with van der Waals surface area (Å²) >= 11 is 4.04. The minimum Gasteiger partial charge on any atom is -0.497 e. The second kappa shape index (κ2) is 11.4. The number of carbonyl (C=O) groups excluding carboxylic acids is 2. The fourth-order valence-electron chi connectivity index (χ4n) is 2.94. The predicted molar refractivity (Wildman–Crippen MR) is 137 cm³/mol. The number of benzene rings is 2. The number of nitrogens with zero attached hydrogens (tertiary/aromatic N) is 5. The summed E-state index contributed by atoms with van der Waals surface area (Å²) in [7, 11) is 4.81. The molecule has 2 N–H and O–H groups in total. The first-order valence-electron chi connectivity index (χ1n) is 10.2. The molecule has 2 amide bonds. The SMILES string of the molecule is COc1ccc(OC)c(NC(=O)CSc2nc3ccc(NC(=O)CSc4nnnn4C)cc3s2)c1. The van der Waals surface area contributed by atoms with Gasteiger partial charge in [0.1, 0.15) is 11.5 Å². The molecule has 0 aliphatic heterocycles. The lowest BCUT2D eigenvalue weighted by atomic mass is 10.2. The molecule has 0 saturated heterocycles. The number of rotatable bonds is 10. The summed E-state index contributed by atoms with van der Waals surface area (Å²) in [5, 5.41) is 17.4. The van der Waals surface area contributed by atoms with E-state index >= 15 is 0 Å². The number of anilines is 2. The van der Waals surface area contributed by atoms with E-state index in [1.54, 1.807) is 38.4 Å². The molecule has 11 nitrogen and oxygen atoms in total. The summed E-state index contributed by atoms with van der Waals surface area (Å²) in [5.41, 5.74) is 2.00. The second-order valence-electron chi connectivity index (χ2n) is 6.99. The van der Waals surface area contributed by atoms with Crippen molar-refractivity contribution >= 4 is 68.3 Å². The number of hydrogen-bond donors (Lipinski definition) is 2. The van der Waals surface area contributed by atoms with E-state index in [-0.39, 0.29) is 23.3 Å². The van der Waals surface area contributed by atoms with Crippen molar-refractivity contribution < 1.29 is 19.1 Å². The van der Waals surface area contributed by atoms with Gasteiger partial charge in [-0.25, -0.2) is 9.67 Å². The molecule has 182 valence electrons. The van der Waals surface area contributed by atoms with Gasteiger partial charge in [0.15, 0.2) is 4.34 Å². The van der Waals surface area contributed by atoms with Crippen molar-refractivity contribution in [1.29, 1.82) is 0 Å². The molecule has 2 aromatic heterocycles. The van der Waals surface area contributed by atoms with E-state index in [1.165, 1.54) is 46.7 Å². The van der Waals surface area contributed by atoms with Gasteiger partial charge in [-0.3, -0.25) is 9.59 Å². The lowest BCUT2D eigenvalue weighted by Crippen LogP contribution is -2.14. The number of aromatic nitrogens is 5. The number of thioether (sulfide) groups is 2. The van der Waals surface area contributed by atoms with Crippen LogP contribution in [0.25, 0.3) is 10.2 Å². The van der Waals surface area contributed by atoms with Gasteiger partial charge in [-0.2, -0.15) is 0 Å². The molecular formula is C21H21N7O4S3. The molecule has 0 radical (unpaired) electrons. The molecule has 2 heterocycles. The van der Waals surface area contributed by atoms with Crippen LogP contribution in [0, 0.1) is 0 Å². The molecule has 14 heteroatoms. The number of amides is 2. The third-order valence-corrected chi connectivity index (χ3v) is 7.75. The van der Waals surface area contributed by atoms with Crippen molar-refractivity contribution in [3.63, 3.8) is 0 Å². The molecule has 0 saturated carbocycles. The van der Waals surface area contributed by atoms with Crippen LogP contribution in [0.3, 0.4) is 0 Å². The van der Waals surface area contributed by atoms with E-state index in [0.717, 1.165) is 14.6 Å². The average molecular weight is 532 g/mol. The van der Waals surface area contributed by atoms with Crippen molar-refractivity contribution in [2.45, 2.75) is 9.50 Å². The van der Waals surface area contributed by atoms with Crippen LogP contribution >= 0.6 is 34.9 Å². The molecule has 0 atom stereocenters. The molecule has 0 bridgehead atoms. The summed E-state index contributed by atoms with van der Waals surface area (Å²) in [5.74, 6) is 1.17. The van der Waals surface area contributed by atoms with Crippen LogP contribution in [0.5, 0.6) is 11.5 Å². The van der Waals surface area contributed by atoms with Gasteiger partial charge in [0.2, 0.25) is 17.0 Å². The molecule has 2 aromatic carbocycles. The molecule has 35 heavy (non-hydrogen) atoms. The summed E-state index contributed by atoms with van der Waals surface area (Å²) in [6.07, 6.45) is 0. The van der Waals surface area contributed by atoms with Crippen LogP contribution in [0.15, 0.2) is 45.9 Å². The lowest BCUT2D eigenvalue weighted by Gasteiger charge is -2.11. The van der Waals surface area contributed by atoms with E-state index in [4.69, 9.17) is 9.47 Å². The van der Waals surface area contributed by atoms with Crippen molar-refractivity contribution in [3.05, 3.63) is 36.4 Å². The first-order chi connectivity index (χ1) is 16.9. The Labute approximate surface area is 213 Å². The molecule has 0 aliphatic carbocycles. The third kappa shape index (κ3) is 6.41. The van der Waals surface area contributed by atoms with Gasteiger partial charge in [0.05, 0.1) is 41.6 Å². The monoisotopic (exact) mass is 531 g/mol. The average Bonchev–Trinajstić information content (AvgIpc) is 3.46. The number of fused-ring (bicyclic) bond motifs is 1. The minimum atomic E-state index is -0.190. The first kappa shape index (κ1) is 24.8. The highest BCUT2D eigenvalue weighted by atomic mass is 32.2. The molecule has 0 aliphatic rings. The standard InChI is InChI=1S/C21H21N7O4S3/c1-28-20(25-26-27-28)33-10-18(29)22-12-4-6-14-17(8-12)35-21(24-14)34-11-19(30)23-15-9-13(31-2)5-7-16(15)32-3/h4-9H,10-11H2,1-3H3,(H,22,29)(H,23,30). The minimum absolute atomic E-state index is 0.166. The summed E-state index contributed by atoms with van der Waals surface area (Å²) in [6, 6.07) is 10.7. The van der Waals surface area contributed by atoms with Crippen LogP contribution in [-0.4, -0.2) is 62.7 Å². The molecule has 0 unspecified atom stereocenters.